The Morgan fingerprint density at radius 2 is 1.85 bits per heavy atom. The van der Waals surface area contributed by atoms with E-state index in [-0.39, 0.29) is 22.5 Å². The molecule has 140 valence electrons. The van der Waals surface area contributed by atoms with E-state index in [0.717, 1.165) is 12.6 Å². The predicted octanol–water partition coefficient (Wildman–Crippen LogP) is 2.65. The van der Waals surface area contributed by atoms with Gasteiger partial charge in [-0.25, -0.2) is 0 Å². The fraction of sp³-hybridized carbons (Fsp3) is 0.286. The van der Waals surface area contributed by atoms with E-state index in [1.807, 2.05) is 42.3 Å². The molecule has 0 spiro atoms. The Morgan fingerprint density at radius 1 is 1.11 bits per heavy atom. The molecule has 3 aromatic rings. The van der Waals surface area contributed by atoms with Gasteiger partial charge in [0.15, 0.2) is 5.43 Å². The van der Waals surface area contributed by atoms with Gasteiger partial charge in [0.2, 0.25) is 0 Å². The van der Waals surface area contributed by atoms with E-state index in [4.69, 9.17) is 4.42 Å². The third kappa shape index (κ3) is 3.07. The molecule has 6 heteroatoms. The van der Waals surface area contributed by atoms with Crippen LogP contribution in [0.15, 0.2) is 51.7 Å². The highest BCUT2D eigenvalue weighted by Gasteiger charge is 2.32. The Balaban J connectivity index is 1.98. The summed E-state index contributed by atoms with van der Waals surface area (Å²) in [5, 5.41) is 31.4. The van der Waals surface area contributed by atoms with Gasteiger partial charge >= 0.3 is 0 Å². The van der Waals surface area contributed by atoms with E-state index < -0.39 is 17.5 Å². The Hall–Kier alpha value is -2.83. The maximum absolute atomic E-state index is 12.7. The third-order valence-electron chi connectivity index (χ3n) is 5.21. The van der Waals surface area contributed by atoms with Crippen LogP contribution in [0.1, 0.15) is 17.9 Å². The van der Waals surface area contributed by atoms with Crippen LogP contribution in [0.3, 0.4) is 0 Å². The van der Waals surface area contributed by atoms with Gasteiger partial charge in [-0.15, -0.1) is 0 Å². The molecule has 2 atom stereocenters. The summed E-state index contributed by atoms with van der Waals surface area (Å²) in [4.78, 5) is 14.7. The molecule has 1 aliphatic rings. The second kappa shape index (κ2) is 6.72. The molecule has 3 N–H and O–H groups in total. The van der Waals surface area contributed by atoms with Crippen LogP contribution < -0.4 is 5.43 Å². The number of benzene rings is 2. The topological polar surface area (TPSA) is 94.1 Å². The van der Waals surface area contributed by atoms with E-state index in [0.29, 0.717) is 29.9 Å². The third-order valence-corrected chi connectivity index (χ3v) is 5.21. The summed E-state index contributed by atoms with van der Waals surface area (Å²) >= 11 is 0. The molecule has 0 radical (unpaired) electrons. The summed E-state index contributed by atoms with van der Waals surface area (Å²) in [5.41, 5.74) is 0.830. The highest BCUT2D eigenvalue weighted by Crippen LogP contribution is 2.42. The Morgan fingerprint density at radius 3 is 2.56 bits per heavy atom. The first-order valence-electron chi connectivity index (χ1n) is 8.90. The first-order chi connectivity index (χ1) is 13.0. The summed E-state index contributed by atoms with van der Waals surface area (Å²) in [6, 6.07) is 11.7. The van der Waals surface area contributed by atoms with Gasteiger partial charge in [0.25, 0.3) is 0 Å². The number of aromatic hydroxyl groups is 2. The van der Waals surface area contributed by atoms with Crippen molar-refractivity contribution < 1.29 is 19.7 Å². The molecular weight excluding hydrogens is 346 g/mol. The molecule has 0 aliphatic carbocycles. The minimum atomic E-state index is -0.715. The largest absolute Gasteiger partial charge is 0.507 e. The lowest BCUT2D eigenvalue weighted by Gasteiger charge is -2.34. The molecule has 6 nitrogen and oxygen atoms in total. The highest BCUT2D eigenvalue weighted by molar-refractivity contribution is 5.89. The molecule has 0 bridgehead atoms. The van der Waals surface area contributed by atoms with Crippen molar-refractivity contribution in [2.75, 3.05) is 20.1 Å². The molecule has 27 heavy (non-hydrogen) atoms. The second-order valence-corrected chi connectivity index (χ2v) is 7.10. The van der Waals surface area contributed by atoms with Gasteiger partial charge in [-0.05, 0) is 20.0 Å². The van der Waals surface area contributed by atoms with Gasteiger partial charge in [0.1, 0.15) is 28.2 Å². The van der Waals surface area contributed by atoms with Crippen molar-refractivity contribution >= 4 is 11.0 Å². The number of nitrogens with zero attached hydrogens (tertiary/aromatic N) is 1. The summed E-state index contributed by atoms with van der Waals surface area (Å²) in [7, 11) is 1.92. The van der Waals surface area contributed by atoms with Crippen LogP contribution in [0.2, 0.25) is 0 Å². The van der Waals surface area contributed by atoms with Crippen molar-refractivity contribution in [3.8, 4) is 22.8 Å². The number of β-amino-alcohol motifs (C(OH)–C–C–N with tert-alkyl or cyclic N) is 1. The molecular formula is C21H21NO5. The maximum atomic E-state index is 12.7. The lowest BCUT2D eigenvalue weighted by molar-refractivity contribution is 0.0631. The van der Waals surface area contributed by atoms with Crippen LogP contribution in [0.4, 0.5) is 0 Å². The highest BCUT2D eigenvalue weighted by atomic mass is 16.3. The van der Waals surface area contributed by atoms with E-state index in [2.05, 4.69) is 0 Å². The van der Waals surface area contributed by atoms with Gasteiger partial charge in [-0.1, -0.05) is 30.3 Å². The number of fused-ring (bicyclic) bond motifs is 1. The van der Waals surface area contributed by atoms with Crippen molar-refractivity contribution in [2.45, 2.75) is 18.4 Å². The fourth-order valence-electron chi connectivity index (χ4n) is 3.85. The lowest BCUT2D eigenvalue weighted by atomic mass is 9.85. The molecule has 1 fully saturated rings. The summed E-state index contributed by atoms with van der Waals surface area (Å²) in [6.45, 7) is 1.20. The number of piperidine rings is 1. The smallest absolute Gasteiger partial charge is 0.197 e. The van der Waals surface area contributed by atoms with E-state index >= 15 is 0 Å². The molecule has 2 aromatic carbocycles. The predicted molar refractivity (Wildman–Crippen MR) is 102 cm³/mol. The minimum Gasteiger partial charge on any atom is -0.507 e. The molecule has 4 rings (SSSR count). The molecule has 1 aliphatic heterocycles. The SMILES string of the molecule is CN1CC[C@@H](c2c(O)cc(O)c3c(=O)cc(-c4ccccc4)oc23)[C@@H](O)C1. The monoisotopic (exact) mass is 367 g/mol. The lowest BCUT2D eigenvalue weighted by Crippen LogP contribution is -2.40. The first kappa shape index (κ1) is 17.6. The standard InChI is InChI=1S/C21H21NO5/c1-22-8-7-13(17(26)11-22)19-14(23)9-15(24)20-16(25)10-18(27-21(19)20)12-5-3-2-4-6-12/h2-6,9-10,13,17,23-24,26H,7-8,11H2,1H3/t13-,17+/m1/s1. The number of phenols is 2. The maximum Gasteiger partial charge on any atom is 0.197 e. The van der Waals surface area contributed by atoms with Crippen LogP contribution in [0.5, 0.6) is 11.5 Å². The number of hydrogen-bond donors (Lipinski definition) is 3. The second-order valence-electron chi connectivity index (χ2n) is 7.10. The van der Waals surface area contributed by atoms with Crippen LogP contribution in [0, 0.1) is 0 Å². The van der Waals surface area contributed by atoms with E-state index in [1.54, 1.807) is 0 Å². The molecule has 0 saturated carbocycles. The molecule has 0 amide bonds. The fourth-order valence-corrected chi connectivity index (χ4v) is 3.85. The zero-order valence-electron chi connectivity index (χ0n) is 14.9. The summed E-state index contributed by atoms with van der Waals surface area (Å²) < 4.78 is 6.01. The number of likely N-dealkylation sites (tertiary alicyclic amines) is 1. The number of aliphatic hydroxyl groups excluding tert-OH is 1. The quantitative estimate of drug-likeness (QED) is 0.645. The van der Waals surface area contributed by atoms with Gasteiger partial charge in [0.05, 0.1) is 6.10 Å². The minimum absolute atomic E-state index is 0.0219. The molecule has 2 heterocycles. The number of rotatable bonds is 2. The Labute approximate surface area is 155 Å². The zero-order chi connectivity index (χ0) is 19.1. The Kier molecular flexibility index (Phi) is 4.37. The van der Waals surface area contributed by atoms with Crippen molar-refractivity contribution in [3.63, 3.8) is 0 Å². The van der Waals surface area contributed by atoms with Gasteiger partial charge in [0, 0.05) is 35.7 Å². The van der Waals surface area contributed by atoms with E-state index in [9.17, 15) is 20.1 Å². The molecule has 0 unspecified atom stereocenters. The van der Waals surface area contributed by atoms with E-state index in [1.165, 1.54) is 6.07 Å². The summed E-state index contributed by atoms with van der Waals surface area (Å²) in [5.74, 6) is -0.552. The average molecular weight is 367 g/mol. The number of aliphatic hydroxyl groups is 1. The van der Waals surface area contributed by atoms with Crippen molar-refractivity contribution in [3.05, 3.63) is 58.3 Å². The van der Waals surface area contributed by atoms with Crippen molar-refractivity contribution in [1.29, 1.82) is 0 Å². The summed E-state index contributed by atoms with van der Waals surface area (Å²) in [6.07, 6.45) is -0.113. The van der Waals surface area contributed by atoms with Gasteiger partial charge in [-0.2, -0.15) is 0 Å². The van der Waals surface area contributed by atoms with Crippen LogP contribution in [-0.2, 0) is 0 Å². The number of hydrogen-bond acceptors (Lipinski definition) is 6. The van der Waals surface area contributed by atoms with Gasteiger partial charge in [-0.3, -0.25) is 4.79 Å². The molecule has 1 saturated heterocycles. The van der Waals surface area contributed by atoms with Crippen LogP contribution in [0.25, 0.3) is 22.3 Å². The zero-order valence-corrected chi connectivity index (χ0v) is 14.9. The number of phenolic OH excluding ortho intramolecular Hbond substituents is 2. The van der Waals surface area contributed by atoms with Crippen LogP contribution >= 0.6 is 0 Å². The number of likely N-dealkylation sites (N-methyl/N-ethyl adjacent to an activating group) is 1. The van der Waals surface area contributed by atoms with Crippen molar-refractivity contribution in [2.24, 2.45) is 0 Å². The molecule has 1 aromatic heterocycles. The normalized spacial score (nSPS) is 20.8. The average Bonchev–Trinajstić information content (AvgIpc) is 2.63. The van der Waals surface area contributed by atoms with Gasteiger partial charge < -0.3 is 24.6 Å². The van der Waals surface area contributed by atoms with Crippen molar-refractivity contribution in [1.82, 2.24) is 4.90 Å². The Bertz CT molecular complexity index is 1040. The first-order valence-corrected chi connectivity index (χ1v) is 8.90. The van der Waals surface area contributed by atoms with Crippen LogP contribution in [-0.4, -0.2) is 46.5 Å².